The summed E-state index contributed by atoms with van der Waals surface area (Å²) in [6.45, 7) is 8.05. The lowest BCUT2D eigenvalue weighted by molar-refractivity contribution is 0.0372. The predicted molar refractivity (Wildman–Crippen MR) is 98.8 cm³/mol. The number of rotatable bonds is 11. The summed E-state index contributed by atoms with van der Waals surface area (Å²) in [5, 5.41) is 6.67. The molecule has 1 aromatic heterocycles. The van der Waals surface area contributed by atoms with Gasteiger partial charge in [-0.3, -0.25) is 9.89 Å². The molecule has 0 aliphatic carbocycles. The SMILES string of the molecule is CN=C(NCCCCN1CCOCC1)NCCCOCc1ccco1. The Bertz CT molecular complexity index is 459. The van der Waals surface area contributed by atoms with Crippen LogP contribution >= 0.6 is 0 Å². The molecule has 0 unspecified atom stereocenters. The van der Waals surface area contributed by atoms with Crippen molar-refractivity contribution in [3.8, 4) is 0 Å². The highest BCUT2D eigenvalue weighted by atomic mass is 16.5. The molecule has 25 heavy (non-hydrogen) atoms. The second-order valence-corrected chi connectivity index (χ2v) is 6.07. The number of aliphatic imine (C=N–C) groups is 1. The van der Waals surface area contributed by atoms with Crippen LogP contribution in [-0.4, -0.2) is 70.5 Å². The summed E-state index contributed by atoms with van der Waals surface area (Å²) in [7, 11) is 1.80. The van der Waals surface area contributed by atoms with Crippen LogP contribution in [-0.2, 0) is 16.1 Å². The zero-order valence-electron chi connectivity index (χ0n) is 15.3. The molecule has 1 aliphatic rings. The number of furan rings is 1. The molecule has 2 rings (SSSR count). The summed E-state index contributed by atoms with van der Waals surface area (Å²) in [5.41, 5.74) is 0. The van der Waals surface area contributed by atoms with Gasteiger partial charge in [-0.15, -0.1) is 0 Å². The van der Waals surface area contributed by atoms with Crippen molar-refractivity contribution in [1.82, 2.24) is 15.5 Å². The average molecular weight is 352 g/mol. The third-order valence-corrected chi connectivity index (χ3v) is 4.10. The van der Waals surface area contributed by atoms with Gasteiger partial charge in [0.05, 0.1) is 19.5 Å². The Hall–Kier alpha value is -1.57. The molecule has 7 nitrogen and oxygen atoms in total. The van der Waals surface area contributed by atoms with E-state index in [1.165, 1.54) is 6.42 Å². The van der Waals surface area contributed by atoms with Gasteiger partial charge >= 0.3 is 0 Å². The highest BCUT2D eigenvalue weighted by molar-refractivity contribution is 5.79. The zero-order chi connectivity index (χ0) is 17.6. The van der Waals surface area contributed by atoms with Gasteiger partial charge in [0.1, 0.15) is 12.4 Å². The Morgan fingerprint density at radius 2 is 2.00 bits per heavy atom. The smallest absolute Gasteiger partial charge is 0.190 e. The Kier molecular flexibility index (Phi) is 10.1. The fourth-order valence-electron chi connectivity index (χ4n) is 2.66. The minimum Gasteiger partial charge on any atom is -0.467 e. The summed E-state index contributed by atoms with van der Waals surface area (Å²) in [6.07, 6.45) is 4.93. The first-order valence-corrected chi connectivity index (χ1v) is 9.23. The van der Waals surface area contributed by atoms with Crippen molar-refractivity contribution in [2.24, 2.45) is 4.99 Å². The lowest BCUT2D eigenvalue weighted by Gasteiger charge is -2.26. The minimum absolute atomic E-state index is 0.531. The molecule has 0 aromatic carbocycles. The second-order valence-electron chi connectivity index (χ2n) is 6.07. The molecule has 0 amide bonds. The molecular formula is C18H32N4O3. The fraction of sp³-hybridized carbons (Fsp3) is 0.722. The molecule has 7 heteroatoms. The van der Waals surface area contributed by atoms with Gasteiger partial charge in [-0.05, 0) is 37.9 Å². The molecule has 2 heterocycles. The molecule has 1 aliphatic heterocycles. The van der Waals surface area contributed by atoms with Gasteiger partial charge in [0.2, 0.25) is 0 Å². The maximum absolute atomic E-state index is 5.56. The van der Waals surface area contributed by atoms with Crippen LogP contribution in [0, 0.1) is 0 Å². The molecule has 2 N–H and O–H groups in total. The normalized spacial score (nSPS) is 16.1. The lowest BCUT2D eigenvalue weighted by atomic mass is 10.3. The summed E-state index contributed by atoms with van der Waals surface area (Å²) >= 11 is 0. The third-order valence-electron chi connectivity index (χ3n) is 4.10. The topological polar surface area (TPSA) is 71.3 Å². The van der Waals surface area contributed by atoms with E-state index < -0.39 is 0 Å². The molecular weight excluding hydrogens is 320 g/mol. The van der Waals surface area contributed by atoms with Gasteiger partial charge in [-0.2, -0.15) is 0 Å². The Morgan fingerprint density at radius 3 is 2.72 bits per heavy atom. The number of nitrogens with one attached hydrogen (secondary N) is 2. The zero-order valence-corrected chi connectivity index (χ0v) is 15.3. The van der Waals surface area contributed by atoms with Crippen molar-refractivity contribution in [1.29, 1.82) is 0 Å². The summed E-state index contributed by atoms with van der Waals surface area (Å²) in [4.78, 5) is 6.72. The summed E-state index contributed by atoms with van der Waals surface area (Å²) in [6, 6.07) is 3.79. The van der Waals surface area contributed by atoms with E-state index in [1.54, 1.807) is 13.3 Å². The average Bonchev–Trinajstić information content (AvgIpc) is 3.17. The molecule has 0 spiro atoms. The van der Waals surface area contributed by atoms with E-state index >= 15 is 0 Å². The van der Waals surface area contributed by atoms with Crippen LogP contribution in [0.2, 0.25) is 0 Å². The Labute approximate surface area is 150 Å². The first-order chi connectivity index (χ1) is 12.4. The number of hydrogen-bond acceptors (Lipinski definition) is 5. The van der Waals surface area contributed by atoms with Gasteiger partial charge in [0.15, 0.2) is 5.96 Å². The first kappa shape index (κ1) is 19.8. The van der Waals surface area contributed by atoms with E-state index in [1.807, 2.05) is 12.1 Å². The summed E-state index contributed by atoms with van der Waals surface area (Å²) < 4.78 is 16.1. The highest BCUT2D eigenvalue weighted by Crippen LogP contribution is 2.02. The molecule has 0 atom stereocenters. The van der Waals surface area contributed by atoms with Gasteiger partial charge in [0.25, 0.3) is 0 Å². The quantitative estimate of drug-likeness (QED) is 0.357. The van der Waals surface area contributed by atoms with Gasteiger partial charge in [0, 0.05) is 39.8 Å². The van der Waals surface area contributed by atoms with Crippen LogP contribution in [0.1, 0.15) is 25.0 Å². The molecule has 1 saturated heterocycles. The van der Waals surface area contributed by atoms with Crippen LogP contribution in [0.25, 0.3) is 0 Å². The second kappa shape index (κ2) is 12.7. The maximum Gasteiger partial charge on any atom is 0.190 e. The van der Waals surface area contributed by atoms with E-state index in [2.05, 4.69) is 20.5 Å². The van der Waals surface area contributed by atoms with Crippen LogP contribution in [0.15, 0.2) is 27.8 Å². The van der Waals surface area contributed by atoms with E-state index in [-0.39, 0.29) is 0 Å². The molecule has 0 saturated carbocycles. The molecule has 0 bridgehead atoms. The fourth-order valence-corrected chi connectivity index (χ4v) is 2.66. The minimum atomic E-state index is 0.531. The number of nitrogens with zero attached hydrogens (tertiary/aromatic N) is 2. The maximum atomic E-state index is 5.56. The lowest BCUT2D eigenvalue weighted by Crippen LogP contribution is -2.39. The molecule has 142 valence electrons. The van der Waals surface area contributed by atoms with Crippen molar-refractivity contribution in [2.45, 2.75) is 25.9 Å². The molecule has 1 fully saturated rings. The van der Waals surface area contributed by atoms with Crippen LogP contribution in [0.4, 0.5) is 0 Å². The number of ether oxygens (including phenoxy) is 2. The number of guanidine groups is 1. The Balaban J connectivity index is 1.41. The van der Waals surface area contributed by atoms with Gasteiger partial charge < -0.3 is 24.5 Å². The van der Waals surface area contributed by atoms with Crippen LogP contribution in [0.5, 0.6) is 0 Å². The number of unbranched alkanes of at least 4 members (excludes halogenated alkanes) is 1. The molecule has 0 radical (unpaired) electrons. The monoisotopic (exact) mass is 352 g/mol. The number of hydrogen-bond donors (Lipinski definition) is 2. The van der Waals surface area contributed by atoms with Crippen molar-refractivity contribution < 1.29 is 13.9 Å². The third kappa shape index (κ3) is 8.90. The van der Waals surface area contributed by atoms with Crippen molar-refractivity contribution in [2.75, 3.05) is 59.6 Å². The van der Waals surface area contributed by atoms with Gasteiger partial charge in [-0.1, -0.05) is 0 Å². The highest BCUT2D eigenvalue weighted by Gasteiger charge is 2.09. The van der Waals surface area contributed by atoms with Crippen molar-refractivity contribution in [3.05, 3.63) is 24.2 Å². The van der Waals surface area contributed by atoms with Crippen LogP contribution in [0.3, 0.4) is 0 Å². The Morgan fingerprint density at radius 1 is 1.20 bits per heavy atom. The first-order valence-electron chi connectivity index (χ1n) is 9.23. The van der Waals surface area contributed by atoms with Crippen molar-refractivity contribution >= 4 is 5.96 Å². The van der Waals surface area contributed by atoms with E-state index in [0.29, 0.717) is 13.2 Å². The standard InChI is InChI=1S/C18H32N4O3/c1-19-18(20-7-2-3-9-22-10-14-23-15-11-22)21-8-5-12-24-16-17-6-4-13-25-17/h4,6,13H,2-3,5,7-12,14-16H2,1H3,(H2,19,20,21). The van der Waals surface area contributed by atoms with E-state index in [4.69, 9.17) is 13.9 Å². The largest absolute Gasteiger partial charge is 0.467 e. The van der Waals surface area contributed by atoms with Crippen molar-refractivity contribution in [3.63, 3.8) is 0 Å². The predicted octanol–water partition coefficient (Wildman–Crippen LogP) is 1.46. The van der Waals surface area contributed by atoms with E-state index in [0.717, 1.165) is 70.5 Å². The van der Waals surface area contributed by atoms with Crippen LogP contribution < -0.4 is 10.6 Å². The number of morpholine rings is 1. The van der Waals surface area contributed by atoms with Gasteiger partial charge in [-0.25, -0.2) is 0 Å². The summed E-state index contributed by atoms with van der Waals surface area (Å²) in [5.74, 6) is 1.72. The molecule has 1 aromatic rings. The van der Waals surface area contributed by atoms with E-state index in [9.17, 15) is 0 Å².